The first-order chi connectivity index (χ1) is 16.9. The molecule has 2 heterocycles. The molecule has 0 spiro atoms. The van der Waals surface area contributed by atoms with Gasteiger partial charge in [-0.15, -0.1) is 0 Å². The van der Waals surface area contributed by atoms with E-state index in [1.807, 2.05) is 55.5 Å². The molecule has 5 aromatic rings. The second kappa shape index (κ2) is 9.55. The Morgan fingerprint density at radius 1 is 0.971 bits per heavy atom. The fourth-order valence-electron chi connectivity index (χ4n) is 4.22. The number of aromatic nitrogens is 2. The van der Waals surface area contributed by atoms with Crippen LogP contribution in [-0.2, 0) is 5.75 Å². The zero-order valence-electron chi connectivity index (χ0n) is 19.9. The van der Waals surface area contributed by atoms with Crippen LogP contribution in [0.4, 0.5) is 0 Å². The first-order valence-electron chi connectivity index (χ1n) is 11.7. The van der Waals surface area contributed by atoms with Crippen LogP contribution in [0.15, 0.2) is 92.0 Å². The predicted molar refractivity (Wildman–Crippen MR) is 143 cm³/mol. The molecule has 0 bridgehead atoms. The summed E-state index contributed by atoms with van der Waals surface area (Å²) in [5.74, 6) is 0.923. The molecule has 0 saturated carbocycles. The molecule has 35 heavy (non-hydrogen) atoms. The molecular weight excluding hydrogens is 456 g/mol. The highest BCUT2D eigenvalue weighted by molar-refractivity contribution is 7.98. The Morgan fingerprint density at radius 3 is 2.51 bits per heavy atom. The summed E-state index contributed by atoms with van der Waals surface area (Å²) in [6, 6.07) is 22.9. The molecule has 176 valence electrons. The molecule has 0 N–H and O–H groups in total. The minimum absolute atomic E-state index is 0.109. The standard InChI is InChI=1S/C29H26N2O3S/c1-4-19(3)20-10-12-22(13-11-20)31-28(33)24-7-5-6-8-25(24)30-29(31)35-17-21-16-27(32)34-26-15-18(2)9-14-23(21)26/h5-16,19H,4,17H2,1-3H3. The molecule has 2 aromatic heterocycles. The van der Waals surface area contributed by atoms with Gasteiger partial charge in [-0.1, -0.05) is 62.0 Å². The molecule has 0 aliphatic carbocycles. The van der Waals surface area contributed by atoms with E-state index in [9.17, 15) is 9.59 Å². The summed E-state index contributed by atoms with van der Waals surface area (Å²) in [5, 5.41) is 2.04. The summed E-state index contributed by atoms with van der Waals surface area (Å²) in [4.78, 5) is 30.6. The number of fused-ring (bicyclic) bond motifs is 2. The summed E-state index contributed by atoms with van der Waals surface area (Å²) < 4.78 is 7.08. The van der Waals surface area contributed by atoms with Gasteiger partial charge in [0.05, 0.1) is 16.6 Å². The van der Waals surface area contributed by atoms with Gasteiger partial charge < -0.3 is 4.42 Å². The average Bonchev–Trinajstić information content (AvgIpc) is 2.86. The van der Waals surface area contributed by atoms with Gasteiger partial charge >= 0.3 is 5.63 Å². The number of para-hydroxylation sites is 1. The molecule has 1 unspecified atom stereocenters. The Morgan fingerprint density at radius 2 is 1.74 bits per heavy atom. The Balaban J connectivity index is 1.61. The Bertz CT molecular complexity index is 1650. The molecule has 0 aliphatic rings. The molecular formula is C29H26N2O3S. The average molecular weight is 483 g/mol. The topological polar surface area (TPSA) is 65.1 Å². The SMILES string of the molecule is CCC(C)c1ccc(-n2c(SCc3cc(=O)oc4cc(C)ccc34)nc3ccccc3c2=O)cc1. The van der Waals surface area contributed by atoms with Gasteiger partial charge in [-0.25, -0.2) is 9.78 Å². The largest absolute Gasteiger partial charge is 0.423 e. The quantitative estimate of drug-likeness (QED) is 0.155. The number of hydrogen-bond acceptors (Lipinski definition) is 5. The van der Waals surface area contributed by atoms with Crippen molar-refractivity contribution in [2.75, 3.05) is 0 Å². The van der Waals surface area contributed by atoms with Crippen LogP contribution < -0.4 is 11.2 Å². The van der Waals surface area contributed by atoms with Crippen molar-refractivity contribution in [2.45, 2.75) is 44.0 Å². The van der Waals surface area contributed by atoms with E-state index in [2.05, 4.69) is 26.0 Å². The van der Waals surface area contributed by atoms with Crippen molar-refractivity contribution in [1.82, 2.24) is 9.55 Å². The third kappa shape index (κ3) is 4.54. The second-order valence-electron chi connectivity index (χ2n) is 8.83. The normalized spacial score (nSPS) is 12.3. The molecule has 5 rings (SSSR count). The van der Waals surface area contributed by atoms with E-state index in [4.69, 9.17) is 9.40 Å². The monoisotopic (exact) mass is 482 g/mol. The van der Waals surface area contributed by atoms with E-state index in [-0.39, 0.29) is 11.2 Å². The summed E-state index contributed by atoms with van der Waals surface area (Å²) in [6.45, 7) is 6.33. The highest BCUT2D eigenvalue weighted by atomic mass is 32.2. The van der Waals surface area contributed by atoms with Gasteiger partial charge in [-0.2, -0.15) is 0 Å². The van der Waals surface area contributed by atoms with Crippen molar-refractivity contribution >= 4 is 33.6 Å². The van der Waals surface area contributed by atoms with E-state index in [0.717, 1.165) is 28.6 Å². The molecule has 5 nitrogen and oxygen atoms in total. The van der Waals surface area contributed by atoms with Gasteiger partial charge in [-0.05, 0) is 66.3 Å². The number of rotatable bonds is 6. The summed E-state index contributed by atoms with van der Waals surface area (Å²) in [6.07, 6.45) is 1.05. The van der Waals surface area contributed by atoms with E-state index in [0.29, 0.717) is 33.3 Å². The maximum absolute atomic E-state index is 13.6. The van der Waals surface area contributed by atoms with Crippen molar-refractivity contribution in [3.05, 3.63) is 110 Å². The lowest BCUT2D eigenvalue weighted by atomic mass is 9.98. The van der Waals surface area contributed by atoms with E-state index in [1.165, 1.54) is 23.4 Å². The molecule has 0 aliphatic heterocycles. The van der Waals surface area contributed by atoms with Gasteiger partial charge in [0.2, 0.25) is 0 Å². The van der Waals surface area contributed by atoms with Crippen LogP contribution in [0.1, 0.15) is 42.9 Å². The van der Waals surface area contributed by atoms with Gasteiger partial charge in [0.1, 0.15) is 5.58 Å². The molecule has 0 fully saturated rings. The van der Waals surface area contributed by atoms with Gasteiger partial charge in [0.25, 0.3) is 5.56 Å². The second-order valence-corrected chi connectivity index (χ2v) is 9.77. The number of thioether (sulfide) groups is 1. The summed E-state index contributed by atoms with van der Waals surface area (Å²) in [5.41, 5.74) is 4.61. The first kappa shape index (κ1) is 23.1. The van der Waals surface area contributed by atoms with Crippen LogP contribution in [0.3, 0.4) is 0 Å². The number of benzene rings is 3. The maximum atomic E-state index is 13.6. The maximum Gasteiger partial charge on any atom is 0.336 e. The van der Waals surface area contributed by atoms with E-state index in [1.54, 1.807) is 10.6 Å². The number of hydrogen-bond donors (Lipinski definition) is 0. The van der Waals surface area contributed by atoms with Crippen molar-refractivity contribution in [3.8, 4) is 5.69 Å². The Kier molecular flexibility index (Phi) is 6.31. The van der Waals surface area contributed by atoms with Crippen molar-refractivity contribution in [2.24, 2.45) is 0 Å². The molecule has 6 heteroatoms. The van der Waals surface area contributed by atoms with Crippen molar-refractivity contribution in [3.63, 3.8) is 0 Å². The first-order valence-corrected chi connectivity index (χ1v) is 12.7. The molecule has 3 aromatic carbocycles. The summed E-state index contributed by atoms with van der Waals surface area (Å²) in [7, 11) is 0. The fourth-order valence-corrected chi connectivity index (χ4v) is 5.23. The highest BCUT2D eigenvalue weighted by Gasteiger charge is 2.15. The fraction of sp³-hybridized carbons (Fsp3) is 0.207. The zero-order chi connectivity index (χ0) is 24.5. The third-order valence-electron chi connectivity index (χ3n) is 6.42. The van der Waals surface area contributed by atoms with Crippen LogP contribution in [0.5, 0.6) is 0 Å². The zero-order valence-corrected chi connectivity index (χ0v) is 20.8. The van der Waals surface area contributed by atoms with Crippen LogP contribution in [-0.4, -0.2) is 9.55 Å². The van der Waals surface area contributed by atoms with Gasteiger partial charge in [0.15, 0.2) is 5.16 Å². The van der Waals surface area contributed by atoms with E-state index < -0.39 is 0 Å². The van der Waals surface area contributed by atoms with Crippen molar-refractivity contribution < 1.29 is 4.42 Å². The lowest BCUT2D eigenvalue weighted by Gasteiger charge is -2.15. The van der Waals surface area contributed by atoms with E-state index >= 15 is 0 Å². The molecule has 0 saturated heterocycles. The minimum atomic E-state index is -0.386. The third-order valence-corrected chi connectivity index (χ3v) is 7.41. The molecule has 0 amide bonds. The number of nitrogens with zero attached hydrogens (tertiary/aromatic N) is 2. The summed E-state index contributed by atoms with van der Waals surface area (Å²) >= 11 is 1.44. The smallest absolute Gasteiger partial charge is 0.336 e. The lowest BCUT2D eigenvalue weighted by molar-refractivity contribution is 0.559. The van der Waals surface area contributed by atoms with Gasteiger partial charge in [-0.3, -0.25) is 9.36 Å². The number of aryl methyl sites for hydroxylation is 1. The molecule has 1 atom stereocenters. The van der Waals surface area contributed by atoms with Crippen LogP contribution >= 0.6 is 11.8 Å². The predicted octanol–water partition coefficient (Wildman–Crippen LogP) is 6.61. The Hall–Kier alpha value is -3.64. The van der Waals surface area contributed by atoms with Crippen LogP contribution in [0.2, 0.25) is 0 Å². The van der Waals surface area contributed by atoms with Crippen LogP contribution in [0, 0.1) is 6.92 Å². The minimum Gasteiger partial charge on any atom is -0.423 e. The lowest BCUT2D eigenvalue weighted by Crippen LogP contribution is -2.21. The Labute approximate surface area is 207 Å². The van der Waals surface area contributed by atoms with Crippen LogP contribution in [0.25, 0.3) is 27.6 Å². The molecule has 0 radical (unpaired) electrons. The van der Waals surface area contributed by atoms with Crippen molar-refractivity contribution in [1.29, 1.82) is 0 Å². The van der Waals surface area contributed by atoms with Gasteiger partial charge in [0, 0.05) is 17.2 Å². The highest BCUT2D eigenvalue weighted by Crippen LogP contribution is 2.28.